The molecule has 0 N–H and O–H groups in total. The minimum Gasteiger partial charge on any atom is -0.771 e. The Balaban J connectivity index is 3.05. The summed E-state index contributed by atoms with van der Waals surface area (Å²) in [5.41, 5.74) is 0. The van der Waals surface area contributed by atoms with Gasteiger partial charge in [-0.15, -0.1) is 0 Å². The number of hydrogen-bond donors (Lipinski definition) is 0. The van der Waals surface area contributed by atoms with E-state index in [1.165, 1.54) is 0 Å². The summed E-state index contributed by atoms with van der Waals surface area (Å²) in [6.07, 6.45) is -0.00657. The van der Waals surface area contributed by atoms with Gasteiger partial charge in [-0.05, 0) is 24.9 Å². The molecule has 0 aliphatic heterocycles. The van der Waals surface area contributed by atoms with Crippen molar-refractivity contribution in [1.29, 1.82) is 0 Å². The molecule has 8 heavy (non-hydrogen) atoms. The Hall–Kier alpha value is 0.0700. The molecule has 0 fully saturated rings. The second kappa shape index (κ2) is 4.00. The molecule has 0 amide bonds. The first kappa shape index (κ1) is 8.07. The fourth-order valence-electron chi connectivity index (χ4n) is 0.192. The Morgan fingerprint density at radius 1 is 1.75 bits per heavy atom. The van der Waals surface area contributed by atoms with Crippen LogP contribution in [-0.2, 0) is 15.8 Å². The monoisotopic (exact) mass is 137 g/mol. The summed E-state index contributed by atoms with van der Waals surface area (Å²) in [7, 11) is 0. The molecule has 0 radical (unpaired) electrons. The van der Waals surface area contributed by atoms with Crippen molar-refractivity contribution in [2.24, 2.45) is 0 Å². The third kappa shape index (κ3) is 6.07. The maximum absolute atomic E-state index is 9.78. The van der Waals surface area contributed by atoms with Crippen molar-refractivity contribution in [3.63, 3.8) is 0 Å². The second-order valence-electron chi connectivity index (χ2n) is 1.64. The lowest BCUT2D eigenvalue weighted by atomic mass is 10.5. The SMILES string of the molecule is CC(C)OCS(=O)[O-]. The van der Waals surface area contributed by atoms with E-state index in [1.54, 1.807) is 13.8 Å². The molecule has 0 rings (SSSR count). The van der Waals surface area contributed by atoms with Crippen LogP contribution in [0, 0.1) is 0 Å². The summed E-state index contributed by atoms with van der Waals surface area (Å²) in [6.45, 7) is 3.57. The highest BCUT2D eigenvalue weighted by Crippen LogP contribution is 1.87. The largest absolute Gasteiger partial charge is 0.771 e. The van der Waals surface area contributed by atoms with E-state index in [0.29, 0.717) is 0 Å². The Labute approximate surface area is 51.3 Å². The zero-order chi connectivity index (χ0) is 6.57. The van der Waals surface area contributed by atoms with E-state index in [-0.39, 0.29) is 12.0 Å². The maximum Gasteiger partial charge on any atom is 0.109 e. The van der Waals surface area contributed by atoms with E-state index in [9.17, 15) is 8.76 Å². The van der Waals surface area contributed by atoms with Crippen LogP contribution in [0.25, 0.3) is 0 Å². The first-order chi connectivity index (χ1) is 3.63. The van der Waals surface area contributed by atoms with Crippen LogP contribution in [0.5, 0.6) is 0 Å². The Morgan fingerprint density at radius 2 is 2.25 bits per heavy atom. The van der Waals surface area contributed by atoms with Crippen LogP contribution in [0.3, 0.4) is 0 Å². The van der Waals surface area contributed by atoms with Gasteiger partial charge in [0.2, 0.25) is 0 Å². The molecule has 0 aromatic carbocycles. The van der Waals surface area contributed by atoms with Crippen LogP contribution in [-0.4, -0.2) is 20.8 Å². The van der Waals surface area contributed by atoms with E-state index in [1.807, 2.05) is 0 Å². The highest BCUT2D eigenvalue weighted by Gasteiger charge is 1.89. The van der Waals surface area contributed by atoms with Gasteiger partial charge in [0.25, 0.3) is 0 Å². The highest BCUT2D eigenvalue weighted by atomic mass is 32.2. The summed E-state index contributed by atoms with van der Waals surface area (Å²) < 4.78 is 24.2. The summed E-state index contributed by atoms with van der Waals surface area (Å²) in [5, 5.41) is 0. The highest BCUT2D eigenvalue weighted by molar-refractivity contribution is 7.78. The number of hydrogen-bond acceptors (Lipinski definition) is 3. The smallest absolute Gasteiger partial charge is 0.109 e. The van der Waals surface area contributed by atoms with Crippen molar-refractivity contribution >= 4 is 11.1 Å². The van der Waals surface area contributed by atoms with Gasteiger partial charge in [0.05, 0.1) is 6.10 Å². The zero-order valence-corrected chi connectivity index (χ0v) is 5.73. The van der Waals surface area contributed by atoms with Crippen molar-refractivity contribution in [3.8, 4) is 0 Å². The lowest BCUT2D eigenvalue weighted by Crippen LogP contribution is -2.07. The first-order valence-electron chi connectivity index (χ1n) is 2.30. The lowest BCUT2D eigenvalue weighted by Gasteiger charge is -2.08. The van der Waals surface area contributed by atoms with Gasteiger partial charge < -0.3 is 9.29 Å². The third-order valence-electron chi connectivity index (χ3n) is 0.498. The molecule has 1 unspecified atom stereocenters. The quantitative estimate of drug-likeness (QED) is 0.524. The van der Waals surface area contributed by atoms with Gasteiger partial charge in [-0.1, -0.05) is 0 Å². The van der Waals surface area contributed by atoms with Crippen molar-refractivity contribution in [3.05, 3.63) is 0 Å². The molecule has 1 atom stereocenters. The van der Waals surface area contributed by atoms with E-state index in [2.05, 4.69) is 0 Å². The van der Waals surface area contributed by atoms with Crippen molar-refractivity contribution in [1.82, 2.24) is 0 Å². The third-order valence-corrected chi connectivity index (χ3v) is 0.826. The molecule has 0 saturated heterocycles. The van der Waals surface area contributed by atoms with Crippen LogP contribution in [0.15, 0.2) is 0 Å². The van der Waals surface area contributed by atoms with Crippen LogP contribution in [0.1, 0.15) is 13.8 Å². The van der Waals surface area contributed by atoms with E-state index in [4.69, 9.17) is 4.74 Å². The number of ether oxygens (including phenoxy) is 1. The van der Waals surface area contributed by atoms with Gasteiger partial charge in [-0.2, -0.15) is 0 Å². The summed E-state index contributed by atoms with van der Waals surface area (Å²) in [5.74, 6) is -0.197. The molecule has 0 aliphatic carbocycles. The average Bonchev–Trinajstić information content (AvgIpc) is 1.61. The molecule has 0 heterocycles. The predicted molar refractivity (Wildman–Crippen MR) is 30.0 cm³/mol. The van der Waals surface area contributed by atoms with Gasteiger partial charge in [0.1, 0.15) is 5.94 Å². The fourth-order valence-corrected chi connectivity index (χ4v) is 0.575. The van der Waals surface area contributed by atoms with Gasteiger partial charge in [-0.3, -0.25) is 4.21 Å². The topological polar surface area (TPSA) is 49.4 Å². The van der Waals surface area contributed by atoms with Crippen LogP contribution in [0.2, 0.25) is 0 Å². The molecule has 0 saturated carbocycles. The fraction of sp³-hybridized carbons (Fsp3) is 1.00. The van der Waals surface area contributed by atoms with Crippen LogP contribution in [0.4, 0.5) is 0 Å². The predicted octanol–water partition coefficient (Wildman–Crippen LogP) is 0.248. The first-order valence-corrected chi connectivity index (χ1v) is 3.55. The van der Waals surface area contributed by atoms with Crippen molar-refractivity contribution in [2.45, 2.75) is 20.0 Å². The van der Waals surface area contributed by atoms with Gasteiger partial charge in [-0.25, -0.2) is 0 Å². The molecule has 0 aliphatic rings. The second-order valence-corrected chi connectivity index (χ2v) is 2.48. The molecular weight excluding hydrogens is 128 g/mol. The number of rotatable bonds is 3. The van der Waals surface area contributed by atoms with Gasteiger partial charge >= 0.3 is 0 Å². The maximum atomic E-state index is 9.78. The molecule has 3 nitrogen and oxygen atoms in total. The lowest BCUT2D eigenvalue weighted by molar-refractivity contribution is 0.114. The van der Waals surface area contributed by atoms with Gasteiger partial charge in [0.15, 0.2) is 0 Å². The summed E-state index contributed by atoms with van der Waals surface area (Å²) in [4.78, 5) is 0. The average molecular weight is 137 g/mol. The molecule has 0 aromatic heterocycles. The van der Waals surface area contributed by atoms with E-state index in [0.717, 1.165) is 0 Å². The standard InChI is InChI=1S/C4H10O3S/c1-4(2)7-3-8(5)6/h4H,3H2,1-2H3,(H,5,6)/p-1. The molecule has 0 bridgehead atoms. The van der Waals surface area contributed by atoms with Crippen molar-refractivity contribution < 1.29 is 13.5 Å². The molecule has 0 aromatic rings. The zero-order valence-electron chi connectivity index (χ0n) is 4.92. The molecular formula is C4H9O3S-. The Bertz CT molecular complexity index is 81.4. The van der Waals surface area contributed by atoms with Gasteiger partial charge in [0, 0.05) is 0 Å². The normalized spacial score (nSPS) is 14.5. The molecule has 4 heteroatoms. The van der Waals surface area contributed by atoms with Crippen LogP contribution < -0.4 is 0 Å². The Morgan fingerprint density at radius 3 is 2.38 bits per heavy atom. The van der Waals surface area contributed by atoms with Crippen LogP contribution >= 0.6 is 0 Å². The minimum absolute atomic E-state index is 0.00657. The van der Waals surface area contributed by atoms with E-state index < -0.39 is 11.1 Å². The van der Waals surface area contributed by atoms with E-state index >= 15 is 0 Å². The summed E-state index contributed by atoms with van der Waals surface area (Å²) in [6, 6.07) is 0. The Kier molecular flexibility index (Phi) is 4.03. The molecule has 50 valence electrons. The van der Waals surface area contributed by atoms with Crippen molar-refractivity contribution in [2.75, 3.05) is 5.94 Å². The molecule has 0 spiro atoms. The summed E-state index contributed by atoms with van der Waals surface area (Å²) >= 11 is -2.06. The minimum atomic E-state index is -2.06.